The number of amides is 2. The van der Waals surface area contributed by atoms with Gasteiger partial charge in [-0.15, -0.1) is 5.10 Å². The smallest absolute Gasteiger partial charge is 0.409 e. The molecule has 0 fully saturated rings. The lowest BCUT2D eigenvalue weighted by molar-refractivity contribution is -0.130. The highest BCUT2D eigenvalue weighted by Gasteiger charge is 2.27. The van der Waals surface area contributed by atoms with Crippen molar-refractivity contribution in [2.75, 3.05) is 31.3 Å². The fourth-order valence-electron chi connectivity index (χ4n) is 4.57. The summed E-state index contributed by atoms with van der Waals surface area (Å²) in [7, 11) is 3.13. The van der Waals surface area contributed by atoms with E-state index in [4.69, 9.17) is 9.26 Å². The average molecular weight is 631 g/mol. The number of anilines is 2. The molecule has 0 saturated carbocycles. The second kappa shape index (κ2) is 13.3. The molecular formula is C31H31FN8O6. The minimum Gasteiger partial charge on any atom is -0.481 e. The zero-order valence-electron chi connectivity index (χ0n) is 25.4. The Morgan fingerprint density at radius 1 is 1.15 bits per heavy atom. The van der Waals surface area contributed by atoms with E-state index in [1.807, 2.05) is 6.92 Å². The third kappa shape index (κ3) is 6.88. The van der Waals surface area contributed by atoms with Crippen LogP contribution in [0.3, 0.4) is 0 Å². The van der Waals surface area contributed by atoms with Crippen LogP contribution in [0.4, 0.5) is 20.6 Å². The van der Waals surface area contributed by atoms with Crippen LogP contribution in [0.15, 0.2) is 70.0 Å². The first-order valence-corrected chi connectivity index (χ1v) is 14.1. The number of nitrogens with one attached hydrogen (secondary N) is 3. The normalized spacial score (nSPS) is 11.6. The molecule has 238 valence electrons. The van der Waals surface area contributed by atoms with Crippen LogP contribution in [-0.2, 0) is 11.2 Å². The number of rotatable bonds is 11. The number of carboxylic acid groups (broad SMARTS) is 1. The monoisotopic (exact) mass is 630 g/mol. The molecule has 0 aliphatic heterocycles. The van der Waals surface area contributed by atoms with Crippen LogP contribution in [0.25, 0.3) is 17.1 Å². The summed E-state index contributed by atoms with van der Waals surface area (Å²) in [6.45, 7) is 3.18. The zero-order valence-corrected chi connectivity index (χ0v) is 25.4. The third-order valence-electron chi connectivity index (χ3n) is 6.96. The number of benzene rings is 3. The van der Waals surface area contributed by atoms with Crippen LogP contribution in [0, 0.1) is 12.7 Å². The van der Waals surface area contributed by atoms with Crippen molar-refractivity contribution in [2.45, 2.75) is 26.3 Å². The molecule has 15 heteroatoms. The van der Waals surface area contributed by atoms with Crippen LogP contribution in [-0.4, -0.2) is 67.6 Å². The van der Waals surface area contributed by atoms with Gasteiger partial charge in [0, 0.05) is 37.8 Å². The van der Waals surface area contributed by atoms with E-state index >= 15 is 4.39 Å². The number of carbonyl (C=O) groups is 2. The standard InChI is InChI=1S/C31H31FN8O6/c1-5-18-14-21(26(32)24(15-18)45-16-25(41)39(3)4)27(34-20-12-10-19(11-13-20)28-33-17(2)46-38-28)29-36-30(42)40(37-29)23-9-7-6-8-22(23)35-31(43)44/h6-15,27,34-35H,5,16H2,1-4H3,(H,43,44)(H,36,37,42). The van der Waals surface area contributed by atoms with Gasteiger partial charge in [0.1, 0.15) is 6.04 Å². The molecule has 1 atom stereocenters. The van der Waals surface area contributed by atoms with Gasteiger partial charge >= 0.3 is 11.8 Å². The minimum absolute atomic E-state index is 0.0236. The van der Waals surface area contributed by atoms with Crippen molar-refractivity contribution >= 4 is 23.4 Å². The van der Waals surface area contributed by atoms with E-state index in [2.05, 4.69) is 30.9 Å². The van der Waals surface area contributed by atoms with E-state index in [9.17, 15) is 19.5 Å². The molecule has 3 aromatic carbocycles. The number of aromatic nitrogens is 5. The number of nitrogens with zero attached hydrogens (tertiary/aromatic N) is 5. The first kappa shape index (κ1) is 31.4. The van der Waals surface area contributed by atoms with Crippen molar-refractivity contribution < 1.29 is 28.3 Å². The molecule has 4 N–H and O–H groups in total. The van der Waals surface area contributed by atoms with Crippen LogP contribution in [0.2, 0.25) is 0 Å². The Morgan fingerprint density at radius 2 is 1.89 bits per heavy atom. The fourth-order valence-corrected chi connectivity index (χ4v) is 4.57. The van der Waals surface area contributed by atoms with Crippen LogP contribution in [0.5, 0.6) is 5.75 Å². The molecule has 14 nitrogen and oxygen atoms in total. The largest absolute Gasteiger partial charge is 0.481 e. The Hall–Kier alpha value is -5.99. The van der Waals surface area contributed by atoms with Gasteiger partial charge in [0.2, 0.25) is 11.7 Å². The van der Waals surface area contributed by atoms with Crippen LogP contribution >= 0.6 is 0 Å². The van der Waals surface area contributed by atoms with Crippen molar-refractivity contribution in [1.82, 2.24) is 29.8 Å². The number of likely N-dealkylation sites (N-methyl/N-ethyl adjacent to an activating group) is 1. The number of H-pyrrole nitrogens is 1. The summed E-state index contributed by atoms with van der Waals surface area (Å²) in [6.07, 6.45) is -0.815. The van der Waals surface area contributed by atoms with Gasteiger partial charge in [0.05, 0.1) is 11.4 Å². The lowest BCUT2D eigenvalue weighted by atomic mass is 10.00. The SMILES string of the molecule is CCc1cc(OCC(=O)N(C)C)c(F)c(C(Nc2ccc(-c3noc(C)n3)cc2)c2nn(-c3ccccc3NC(=O)O)c(=O)[nH]2)c1. The first-order valence-electron chi connectivity index (χ1n) is 14.1. The number of halogens is 1. The van der Waals surface area contributed by atoms with E-state index < -0.39 is 23.6 Å². The highest BCUT2D eigenvalue weighted by atomic mass is 19.1. The van der Waals surface area contributed by atoms with E-state index in [1.54, 1.807) is 63.5 Å². The molecule has 0 radical (unpaired) electrons. The molecule has 0 saturated heterocycles. The lowest BCUT2D eigenvalue weighted by Gasteiger charge is -2.21. The van der Waals surface area contributed by atoms with Crippen molar-refractivity contribution in [3.8, 4) is 22.8 Å². The molecule has 2 amide bonds. The second-order valence-electron chi connectivity index (χ2n) is 10.4. The van der Waals surface area contributed by atoms with E-state index in [0.717, 1.165) is 4.68 Å². The summed E-state index contributed by atoms with van der Waals surface area (Å²) in [5.41, 5.74) is 1.59. The van der Waals surface area contributed by atoms with Gasteiger partial charge in [-0.2, -0.15) is 9.67 Å². The summed E-state index contributed by atoms with van der Waals surface area (Å²) < 4.78 is 28.0. The Morgan fingerprint density at radius 3 is 2.54 bits per heavy atom. The van der Waals surface area contributed by atoms with Crippen LogP contribution < -0.4 is 21.1 Å². The molecule has 0 aliphatic rings. The van der Waals surface area contributed by atoms with Gasteiger partial charge in [0.15, 0.2) is 24.0 Å². The molecule has 0 bridgehead atoms. The van der Waals surface area contributed by atoms with Crippen molar-refractivity contribution in [2.24, 2.45) is 0 Å². The van der Waals surface area contributed by atoms with Gasteiger partial charge in [-0.25, -0.2) is 14.0 Å². The summed E-state index contributed by atoms with van der Waals surface area (Å²) in [6, 6.07) is 15.2. The molecule has 2 heterocycles. The van der Waals surface area contributed by atoms with E-state index in [0.29, 0.717) is 35.0 Å². The second-order valence-corrected chi connectivity index (χ2v) is 10.4. The van der Waals surface area contributed by atoms with Gasteiger partial charge in [-0.1, -0.05) is 30.3 Å². The quantitative estimate of drug-likeness (QED) is 0.164. The fraction of sp³-hybridized carbons (Fsp3) is 0.226. The predicted molar refractivity (Wildman–Crippen MR) is 166 cm³/mol. The number of carbonyl (C=O) groups excluding carboxylic acids is 1. The van der Waals surface area contributed by atoms with Crippen LogP contribution in [0.1, 0.15) is 35.8 Å². The lowest BCUT2D eigenvalue weighted by Crippen LogP contribution is -2.28. The number of aromatic amines is 1. The van der Waals surface area contributed by atoms with Crippen molar-refractivity contribution in [3.63, 3.8) is 0 Å². The maximum atomic E-state index is 16.3. The number of hydrogen-bond acceptors (Lipinski definition) is 9. The van der Waals surface area contributed by atoms with Crippen molar-refractivity contribution in [1.29, 1.82) is 0 Å². The molecule has 1 unspecified atom stereocenters. The summed E-state index contributed by atoms with van der Waals surface area (Å²) in [4.78, 5) is 45.1. The summed E-state index contributed by atoms with van der Waals surface area (Å²) in [5, 5.41) is 23.2. The van der Waals surface area contributed by atoms with E-state index in [-0.39, 0.29) is 41.0 Å². The molecule has 0 spiro atoms. The molecular weight excluding hydrogens is 599 g/mol. The minimum atomic E-state index is -1.33. The Bertz CT molecular complexity index is 1930. The zero-order chi connectivity index (χ0) is 33.0. The maximum Gasteiger partial charge on any atom is 0.409 e. The molecule has 5 rings (SSSR count). The number of hydrogen-bond donors (Lipinski definition) is 4. The Labute approximate surface area is 261 Å². The maximum absolute atomic E-state index is 16.3. The average Bonchev–Trinajstić information content (AvgIpc) is 3.64. The Kier molecular flexibility index (Phi) is 9.11. The molecule has 46 heavy (non-hydrogen) atoms. The molecule has 5 aromatic rings. The number of aryl methyl sites for hydroxylation is 2. The summed E-state index contributed by atoms with van der Waals surface area (Å²) >= 11 is 0. The predicted octanol–water partition coefficient (Wildman–Crippen LogP) is 4.38. The van der Waals surface area contributed by atoms with Gasteiger partial charge in [-0.05, 0) is 54.4 Å². The molecule has 2 aromatic heterocycles. The van der Waals surface area contributed by atoms with Gasteiger partial charge in [-0.3, -0.25) is 15.1 Å². The Balaban J connectivity index is 1.60. The highest BCUT2D eigenvalue weighted by Crippen LogP contribution is 2.33. The number of ether oxygens (including phenoxy) is 1. The topological polar surface area (TPSA) is 180 Å². The van der Waals surface area contributed by atoms with Crippen molar-refractivity contribution in [3.05, 3.63) is 99.8 Å². The third-order valence-corrected chi connectivity index (χ3v) is 6.96. The van der Waals surface area contributed by atoms with E-state index in [1.165, 1.54) is 23.1 Å². The van der Waals surface area contributed by atoms with Gasteiger partial charge in [0.25, 0.3) is 5.91 Å². The first-order chi connectivity index (χ1) is 22.0. The summed E-state index contributed by atoms with van der Waals surface area (Å²) in [5.74, 6) is -0.427. The highest BCUT2D eigenvalue weighted by molar-refractivity contribution is 5.86. The number of para-hydroxylation sites is 2. The van der Waals surface area contributed by atoms with Gasteiger partial charge < -0.3 is 24.6 Å². The molecule has 0 aliphatic carbocycles.